The molecule has 0 fully saturated rings. The van der Waals surface area contributed by atoms with Gasteiger partial charge in [-0.1, -0.05) is 60.7 Å². The molecule has 174 valence electrons. The number of ether oxygens (including phenoxy) is 1. The average molecular weight is 479 g/mol. The summed E-state index contributed by atoms with van der Waals surface area (Å²) in [4.78, 5) is 37.6. The summed E-state index contributed by atoms with van der Waals surface area (Å²) in [6.45, 7) is -0.597. The Bertz CT molecular complexity index is 1310. The number of nitrogens with one attached hydrogen (secondary N) is 1. The van der Waals surface area contributed by atoms with E-state index in [1.165, 1.54) is 12.1 Å². The van der Waals surface area contributed by atoms with Gasteiger partial charge in [-0.2, -0.15) is 0 Å². The lowest BCUT2D eigenvalue weighted by Crippen LogP contribution is -2.34. The van der Waals surface area contributed by atoms with Gasteiger partial charge >= 0.3 is 5.97 Å². The molecule has 0 bridgehead atoms. The fourth-order valence-corrected chi connectivity index (χ4v) is 5.24. The molecule has 1 aliphatic heterocycles. The van der Waals surface area contributed by atoms with Gasteiger partial charge in [0.2, 0.25) is 0 Å². The maximum absolute atomic E-state index is 12.6. The van der Waals surface area contributed by atoms with Crippen LogP contribution in [0, 0.1) is 0 Å². The minimum atomic E-state index is -3.97. The number of fused-ring (bicyclic) bond motifs is 1. The normalized spacial score (nSPS) is 14.8. The number of rotatable bonds is 8. The van der Waals surface area contributed by atoms with Gasteiger partial charge in [0, 0.05) is 5.56 Å². The maximum atomic E-state index is 12.6. The van der Waals surface area contributed by atoms with Gasteiger partial charge in [-0.3, -0.25) is 14.4 Å². The highest BCUT2D eigenvalue weighted by atomic mass is 32.2. The molecule has 0 aromatic heterocycles. The molecule has 1 atom stereocenters. The van der Waals surface area contributed by atoms with Crippen molar-refractivity contribution in [1.29, 1.82) is 0 Å². The second-order valence-electron chi connectivity index (χ2n) is 7.61. The molecule has 9 heteroatoms. The lowest BCUT2D eigenvalue weighted by Gasteiger charge is -2.19. The van der Waals surface area contributed by atoms with Crippen molar-refractivity contribution in [2.75, 3.05) is 13.2 Å². The second-order valence-corrected chi connectivity index (χ2v) is 9.44. The van der Waals surface area contributed by atoms with Crippen LogP contribution in [-0.4, -0.2) is 43.7 Å². The maximum Gasteiger partial charge on any atom is 0.308 e. The van der Waals surface area contributed by atoms with Crippen molar-refractivity contribution in [1.82, 2.24) is 9.62 Å². The van der Waals surface area contributed by atoms with E-state index >= 15 is 0 Å². The summed E-state index contributed by atoms with van der Waals surface area (Å²) in [5.41, 5.74) is 1.27. The van der Waals surface area contributed by atoms with Crippen LogP contribution in [0.5, 0.6) is 0 Å². The molecule has 0 aliphatic carbocycles. The number of esters is 1. The Morgan fingerprint density at radius 1 is 0.882 bits per heavy atom. The Balaban J connectivity index is 1.39. The standard InChI is InChI=1S/C25H22N2O6S/c28-23(33-16-15-27-25(30)20-13-7-8-14-22(20)34(27,31)32)17-21(18-9-3-1-4-10-18)26-24(29)19-11-5-2-6-12-19/h1-14,21H,15-17H2,(H,26,29). The van der Waals surface area contributed by atoms with Crippen LogP contribution in [-0.2, 0) is 19.6 Å². The fraction of sp³-hybridized carbons (Fsp3) is 0.160. The molecule has 1 unspecified atom stereocenters. The van der Waals surface area contributed by atoms with Gasteiger partial charge in [0.1, 0.15) is 11.5 Å². The van der Waals surface area contributed by atoms with E-state index in [4.69, 9.17) is 4.74 Å². The fourth-order valence-electron chi connectivity index (χ4n) is 3.69. The van der Waals surface area contributed by atoms with Crippen LogP contribution in [0.4, 0.5) is 0 Å². The zero-order valence-corrected chi connectivity index (χ0v) is 18.9. The molecule has 1 N–H and O–H groups in total. The molecule has 0 saturated heterocycles. The van der Waals surface area contributed by atoms with Crippen LogP contribution in [0.15, 0.2) is 89.8 Å². The van der Waals surface area contributed by atoms with E-state index in [2.05, 4.69) is 5.32 Å². The number of amides is 2. The van der Waals surface area contributed by atoms with Crippen molar-refractivity contribution in [2.45, 2.75) is 17.4 Å². The van der Waals surface area contributed by atoms with E-state index in [9.17, 15) is 22.8 Å². The van der Waals surface area contributed by atoms with Crippen molar-refractivity contribution >= 4 is 27.8 Å². The third-order valence-electron chi connectivity index (χ3n) is 5.38. The molecule has 3 aromatic carbocycles. The Morgan fingerprint density at radius 3 is 2.18 bits per heavy atom. The zero-order chi connectivity index (χ0) is 24.1. The summed E-state index contributed by atoms with van der Waals surface area (Å²) in [6.07, 6.45) is -0.163. The van der Waals surface area contributed by atoms with Gasteiger partial charge in [-0.05, 0) is 29.8 Å². The lowest BCUT2D eigenvalue weighted by molar-refractivity contribution is -0.144. The summed E-state index contributed by atoms with van der Waals surface area (Å²) in [7, 11) is -3.97. The van der Waals surface area contributed by atoms with Crippen LogP contribution in [0.25, 0.3) is 0 Å². The smallest absolute Gasteiger partial charge is 0.308 e. The van der Waals surface area contributed by atoms with E-state index in [0.29, 0.717) is 9.87 Å². The third kappa shape index (κ3) is 4.84. The molecule has 3 aromatic rings. The predicted molar refractivity (Wildman–Crippen MR) is 123 cm³/mol. The highest BCUT2D eigenvalue weighted by Crippen LogP contribution is 2.29. The van der Waals surface area contributed by atoms with Gasteiger partial charge < -0.3 is 10.1 Å². The molecule has 34 heavy (non-hydrogen) atoms. The first-order valence-corrected chi connectivity index (χ1v) is 12.0. The Hall–Kier alpha value is -3.98. The average Bonchev–Trinajstić information content (AvgIpc) is 3.05. The summed E-state index contributed by atoms with van der Waals surface area (Å²) >= 11 is 0. The summed E-state index contributed by atoms with van der Waals surface area (Å²) in [5.74, 6) is -1.62. The number of hydrogen-bond acceptors (Lipinski definition) is 6. The van der Waals surface area contributed by atoms with Crippen LogP contribution >= 0.6 is 0 Å². The lowest BCUT2D eigenvalue weighted by atomic mass is 10.0. The first-order valence-electron chi connectivity index (χ1n) is 10.6. The van der Waals surface area contributed by atoms with E-state index in [1.807, 2.05) is 6.07 Å². The van der Waals surface area contributed by atoms with Crippen molar-refractivity contribution in [2.24, 2.45) is 0 Å². The quantitative estimate of drug-likeness (QED) is 0.499. The van der Waals surface area contributed by atoms with Crippen LogP contribution in [0.1, 0.15) is 38.7 Å². The summed E-state index contributed by atoms with van der Waals surface area (Å²) in [5, 5.41) is 2.84. The van der Waals surface area contributed by atoms with Gasteiger partial charge in [-0.25, -0.2) is 12.7 Å². The predicted octanol–water partition coefficient (Wildman–Crippen LogP) is 2.94. The first kappa shape index (κ1) is 23.2. The van der Waals surface area contributed by atoms with E-state index in [-0.39, 0.29) is 35.9 Å². The highest BCUT2D eigenvalue weighted by Gasteiger charge is 2.40. The Kier molecular flexibility index (Phi) is 6.74. The third-order valence-corrected chi connectivity index (χ3v) is 7.22. The van der Waals surface area contributed by atoms with E-state index in [0.717, 1.165) is 5.56 Å². The van der Waals surface area contributed by atoms with Gasteiger partial charge in [-0.15, -0.1) is 0 Å². The van der Waals surface area contributed by atoms with Gasteiger partial charge in [0.05, 0.1) is 24.6 Å². The number of hydrogen-bond donors (Lipinski definition) is 1. The monoisotopic (exact) mass is 478 g/mol. The topological polar surface area (TPSA) is 110 Å². The number of benzene rings is 3. The summed E-state index contributed by atoms with van der Waals surface area (Å²) in [6, 6.07) is 22.9. The molecular weight excluding hydrogens is 456 g/mol. The van der Waals surface area contributed by atoms with Crippen LogP contribution < -0.4 is 5.32 Å². The first-order chi connectivity index (χ1) is 16.4. The molecule has 4 rings (SSSR count). The largest absolute Gasteiger partial charge is 0.464 e. The molecule has 0 spiro atoms. The van der Waals surface area contributed by atoms with Crippen molar-refractivity contribution < 1.29 is 27.5 Å². The van der Waals surface area contributed by atoms with Gasteiger partial charge in [0.25, 0.3) is 21.8 Å². The Labute approximate surface area is 197 Å². The zero-order valence-electron chi connectivity index (χ0n) is 18.1. The molecule has 1 heterocycles. The molecular formula is C25H22N2O6S. The van der Waals surface area contributed by atoms with Crippen molar-refractivity contribution in [3.05, 3.63) is 102 Å². The van der Waals surface area contributed by atoms with E-state index < -0.39 is 27.9 Å². The van der Waals surface area contributed by atoms with E-state index in [1.54, 1.807) is 66.7 Å². The number of carbonyl (C=O) groups excluding carboxylic acids is 3. The van der Waals surface area contributed by atoms with Crippen LogP contribution in [0.2, 0.25) is 0 Å². The molecule has 1 aliphatic rings. The molecule has 0 radical (unpaired) electrons. The second kappa shape index (κ2) is 9.88. The van der Waals surface area contributed by atoms with Crippen molar-refractivity contribution in [3.8, 4) is 0 Å². The highest BCUT2D eigenvalue weighted by molar-refractivity contribution is 7.90. The minimum Gasteiger partial charge on any atom is -0.464 e. The number of sulfonamides is 1. The number of nitrogens with zero attached hydrogens (tertiary/aromatic N) is 1. The molecule has 8 nitrogen and oxygen atoms in total. The van der Waals surface area contributed by atoms with Crippen molar-refractivity contribution in [3.63, 3.8) is 0 Å². The minimum absolute atomic E-state index is 0.0564. The number of carbonyl (C=O) groups is 3. The van der Waals surface area contributed by atoms with Crippen LogP contribution in [0.3, 0.4) is 0 Å². The molecule has 2 amide bonds. The van der Waals surface area contributed by atoms with Gasteiger partial charge in [0.15, 0.2) is 0 Å². The summed E-state index contributed by atoms with van der Waals surface area (Å²) < 4.78 is 31.2. The SMILES string of the molecule is O=C(CC(NC(=O)c1ccccc1)c1ccccc1)OCCN1C(=O)c2ccccc2S1(=O)=O. The Morgan fingerprint density at radius 2 is 1.50 bits per heavy atom. The molecule has 0 saturated carbocycles.